The maximum Gasteiger partial charge on any atom is 0.232 e. The second-order valence-corrected chi connectivity index (χ2v) is 13.2. The molecular weight excluding hydrogens is 645 g/mol. The van der Waals surface area contributed by atoms with E-state index in [1.165, 1.54) is 11.4 Å². The van der Waals surface area contributed by atoms with Gasteiger partial charge >= 0.3 is 0 Å². The molecule has 1 amide bonds. The van der Waals surface area contributed by atoms with Crippen molar-refractivity contribution in [1.29, 1.82) is 0 Å². The summed E-state index contributed by atoms with van der Waals surface area (Å²) in [5.74, 6) is -0.103. The number of aryl methyl sites for hydroxylation is 2. The molecule has 15 heteroatoms. The zero-order chi connectivity index (χ0) is 27.4. The van der Waals surface area contributed by atoms with E-state index in [2.05, 4.69) is 47.7 Å². The van der Waals surface area contributed by atoms with Crippen LogP contribution in [0.5, 0.6) is 0 Å². The number of hydrogen-bond donors (Lipinski definition) is 2. The Morgan fingerprint density at radius 2 is 1.97 bits per heavy atom. The largest absolute Gasteiger partial charge is 0.352 e. The van der Waals surface area contributed by atoms with Crippen LogP contribution in [0.4, 0.5) is 27.3 Å². The molecule has 1 aliphatic carbocycles. The van der Waals surface area contributed by atoms with Gasteiger partial charge in [-0.05, 0) is 53.1 Å². The van der Waals surface area contributed by atoms with Crippen molar-refractivity contribution in [3.05, 3.63) is 42.5 Å². The smallest absolute Gasteiger partial charge is 0.232 e. The molecule has 0 spiro atoms. The van der Waals surface area contributed by atoms with Gasteiger partial charge in [-0.2, -0.15) is 5.10 Å². The van der Waals surface area contributed by atoms with Gasteiger partial charge in [0.2, 0.25) is 15.9 Å². The number of alkyl halides is 1. The topological polar surface area (TPSA) is 127 Å². The van der Waals surface area contributed by atoms with E-state index in [1.807, 2.05) is 30.6 Å². The van der Waals surface area contributed by atoms with Crippen LogP contribution in [0.2, 0.25) is 0 Å². The summed E-state index contributed by atoms with van der Waals surface area (Å²) < 4.78 is 43.3. The number of benzene rings is 1. The number of nitrogens with zero attached hydrogens (tertiary/aromatic N) is 6. The number of aromatic nitrogens is 5. The number of imidazole rings is 1. The van der Waals surface area contributed by atoms with E-state index >= 15 is 0 Å². The first-order chi connectivity index (χ1) is 18.0. The molecule has 4 aromatic rings. The van der Waals surface area contributed by atoms with Gasteiger partial charge in [0, 0.05) is 31.9 Å². The van der Waals surface area contributed by atoms with Crippen LogP contribution in [0, 0.1) is 12.8 Å². The van der Waals surface area contributed by atoms with Crippen LogP contribution in [-0.4, -0.2) is 57.9 Å². The Balaban J connectivity index is 1.61. The van der Waals surface area contributed by atoms with Crippen molar-refractivity contribution in [2.75, 3.05) is 28.2 Å². The number of hydrogen-bond acceptors (Lipinski definition) is 7. The molecular formula is C23H25FIN8O3PS. The average molecular weight is 670 g/mol. The maximum atomic E-state index is 13.5. The van der Waals surface area contributed by atoms with E-state index in [0.29, 0.717) is 34.6 Å². The fourth-order valence-electron chi connectivity index (χ4n) is 4.04. The molecule has 1 unspecified atom stereocenters. The number of sulfonamides is 1. The van der Waals surface area contributed by atoms with Crippen LogP contribution in [0.1, 0.15) is 12.2 Å². The fraction of sp³-hybridized carbons (Fsp3) is 0.304. The standard InChI is InChI=1S/C23H25FIN8O3PS/c1-12-27-21-18(9-20(29-22(21)33(12)37-25)30-23(34)15-8-16(15)24)28-17-6-5-13(14-10-26-31(2)11-14)7-19(17)32(3)38(4,35)36/h5-7,9-11,15-16,37H,8H2,1-4H3,(H2,28,29,30,34)/t15-,16+/m1/s1. The SMILES string of the molecule is Cc1nc2c(Nc3ccc(-c4cnn(C)c4)cc3N(C)S(C)(=O)=O)cc(NC(=O)[C@@H]3C[C@@H]3F)nc2n1PI. The number of fused-ring (bicyclic) bond motifs is 1. The first kappa shape index (κ1) is 26.8. The molecule has 1 fully saturated rings. The summed E-state index contributed by atoms with van der Waals surface area (Å²) in [7, 11) is -0.307. The number of nitrogens with one attached hydrogen (secondary N) is 2. The predicted molar refractivity (Wildman–Crippen MR) is 157 cm³/mol. The van der Waals surface area contributed by atoms with Crippen molar-refractivity contribution in [1.82, 2.24) is 24.1 Å². The van der Waals surface area contributed by atoms with Crippen molar-refractivity contribution >= 4 is 78.4 Å². The molecule has 38 heavy (non-hydrogen) atoms. The van der Waals surface area contributed by atoms with Crippen LogP contribution in [-0.2, 0) is 21.9 Å². The molecule has 0 radical (unpaired) electrons. The molecule has 11 nitrogen and oxygen atoms in total. The minimum atomic E-state index is -3.60. The van der Waals surface area contributed by atoms with E-state index in [4.69, 9.17) is 0 Å². The normalized spacial score (nSPS) is 17.3. The molecule has 3 aromatic heterocycles. The second kappa shape index (κ2) is 10.0. The Morgan fingerprint density at radius 1 is 1.24 bits per heavy atom. The molecule has 200 valence electrons. The van der Waals surface area contributed by atoms with E-state index in [9.17, 15) is 17.6 Å². The number of amides is 1. The summed E-state index contributed by atoms with van der Waals surface area (Å²) in [6, 6.07) is 7.05. The van der Waals surface area contributed by atoms with Gasteiger partial charge in [-0.1, -0.05) is 6.07 Å². The Hall–Kier alpha value is -2.84. The van der Waals surface area contributed by atoms with Crippen molar-refractivity contribution in [3.8, 4) is 11.1 Å². The zero-order valence-electron chi connectivity index (χ0n) is 20.9. The molecule has 0 aliphatic heterocycles. The van der Waals surface area contributed by atoms with Crippen LogP contribution in [0.3, 0.4) is 0 Å². The highest BCUT2D eigenvalue weighted by Gasteiger charge is 2.43. The third kappa shape index (κ3) is 5.21. The number of carbonyl (C=O) groups excluding carboxylic acids is 1. The molecule has 2 N–H and O–H groups in total. The van der Waals surface area contributed by atoms with Gasteiger partial charge in [0.15, 0.2) is 5.65 Å². The highest BCUT2D eigenvalue weighted by Crippen LogP contribution is 2.39. The quantitative estimate of drug-likeness (QED) is 0.211. The summed E-state index contributed by atoms with van der Waals surface area (Å²) in [4.78, 5) is 21.7. The van der Waals surface area contributed by atoms with Crippen molar-refractivity contribution in [2.45, 2.75) is 19.5 Å². The minimum Gasteiger partial charge on any atom is -0.352 e. The van der Waals surface area contributed by atoms with Gasteiger partial charge in [0.1, 0.15) is 23.3 Å². The van der Waals surface area contributed by atoms with Crippen molar-refractivity contribution in [2.24, 2.45) is 13.0 Å². The van der Waals surface area contributed by atoms with Crippen LogP contribution < -0.4 is 14.9 Å². The zero-order valence-corrected chi connectivity index (χ0v) is 24.9. The molecule has 1 aromatic carbocycles. The summed E-state index contributed by atoms with van der Waals surface area (Å²) >= 11 is 2.23. The molecule has 1 aliphatic rings. The van der Waals surface area contributed by atoms with E-state index in [-0.39, 0.29) is 12.2 Å². The third-order valence-electron chi connectivity index (χ3n) is 6.31. The lowest BCUT2D eigenvalue weighted by Crippen LogP contribution is -2.25. The molecule has 3 atom stereocenters. The maximum absolute atomic E-state index is 13.5. The minimum absolute atomic E-state index is 0.204. The molecule has 3 heterocycles. The molecule has 1 saturated carbocycles. The van der Waals surface area contributed by atoms with Gasteiger partial charge < -0.3 is 10.6 Å². The third-order valence-corrected chi connectivity index (χ3v) is 9.65. The predicted octanol–water partition coefficient (Wildman–Crippen LogP) is 4.37. The lowest BCUT2D eigenvalue weighted by molar-refractivity contribution is -0.117. The number of carbonyl (C=O) groups is 1. The number of halogens is 2. The molecule has 0 saturated heterocycles. The van der Waals surface area contributed by atoms with Gasteiger partial charge in [-0.25, -0.2) is 22.8 Å². The Morgan fingerprint density at radius 3 is 2.58 bits per heavy atom. The summed E-state index contributed by atoms with van der Waals surface area (Å²) in [5.41, 5.74) is 4.17. The van der Waals surface area contributed by atoms with Crippen LogP contribution >= 0.6 is 28.4 Å². The molecule has 0 bridgehead atoms. The van der Waals surface area contributed by atoms with Crippen molar-refractivity contribution < 1.29 is 17.6 Å². The second-order valence-electron chi connectivity index (χ2n) is 9.14. The Kier molecular flexibility index (Phi) is 7.07. The first-order valence-corrected chi connectivity index (χ1v) is 17.4. The fourth-order valence-corrected chi connectivity index (χ4v) is 6.69. The number of pyridine rings is 1. The van der Waals surface area contributed by atoms with E-state index in [0.717, 1.165) is 23.2 Å². The van der Waals surface area contributed by atoms with Gasteiger partial charge in [-0.3, -0.25) is 18.1 Å². The highest BCUT2D eigenvalue weighted by atomic mass is 127. The summed E-state index contributed by atoms with van der Waals surface area (Å²) in [6.07, 6.45) is 4.06. The van der Waals surface area contributed by atoms with Gasteiger partial charge in [0.25, 0.3) is 0 Å². The summed E-state index contributed by atoms with van der Waals surface area (Å²) in [6.45, 7) is 1.86. The lowest BCUT2D eigenvalue weighted by atomic mass is 10.1. The van der Waals surface area contributed by atoms with Gasteiger partial charge in [-0.15, -0.1) is 0 Å². The highest BCUT2D eigenvalue weighted by molar-refractivity contribution is 14.2. The molecule has 5 rings (SSSR count). The van der Waals surface area contributed by atoms with Crippen molar-refractivity contribution in [3.63, 3.8) is 0 Å². The Bertz CT molecular complexity index is 1670. The first-order valence-electron chi connectivity index (χ1n) is 11.5. The van der Waals surface area contributed by atoms with E-state index in [1.54, 1.807) is 29.1 Å². The summed E-state index contributed by atoms with van der Waals surface area (Å²) in [5, 5.41) is 10.2. The average Bonchev–Trinajstić information content (AvgIpc) is 3.28. The number of anilines is 4. The van der Waals surface area contributed by atoms with Gasteiger partial charge in [0.05, 0.1) is 41.8 Å². The van der Waals surface area contributed by atoms with Crippen LogP contribution in [0.15, 0.2) is 36.7 Å². The monoisotopic (exact) mass is 670 g/mol. The number of rotatable bonds is 8. The lowest BCUT2D eigenvalue weighted by Gasteiger charge is -2.22. The Labute approximate surface area is 233 Å². The van der Waals surface area contributed by atoms with Crippen LogP contribution in [0.25, 0.3) is 22.3 Å². The van der Waals surface area contributed by atoms with E-state index < -0.39 is 28.0 Å².